The largest absolute Gasteiger partial charge is 0.325 e. The molecule has 2 heterocycles. The van der Waals surface area contributed by atoms with Crippen molar-refractivity contribution >= 4 is 11.9 Å². The smallest absolute Gasteiger partial charge is 0.322 e. The quantitative estimate of drug-likeness (QED) is 0.689. The maximum atomic E-state index is 12.5. The molecule has 2 saturated heterocycles. The average Bonchev–Trinajstić information content (AvgIpc) is 2.64. The van der Waals surface area contributed by atoms with E-state index in [1.165, 1.54) is 4.90 Å². The van der Waals surface area contributed by atoms with Crippen LogP contribution in [0.2, 0.25) is 0 Å². The summed E-state index contributed by atoms with van der Waals surface area (Å²) in [5, 5.41) is 6.09. The van der Waals surface area contributed by atoms with Gasteiger partial charge >= 0.3 is 6.03 Å². The Morgan fingerprint density at radius 1 is 1.32 bits per heavy atom. The molecule has 3 amide bonds. The summed E-state index contributed by atoms with van der Waals surface area (Å²) in [5.41, 5.74) is -0.682. The molecule has 2 fully saturated rings. The summed E-state index contributed by atoms with van der Waals surface area (Å²) < 4.78 is 0. The van der Waals surface area contributed by atoms with Crippen molar-refractivity contribution in [3.05, 3.63) is 0 Å². The Morgan fingerprint density at radius 2 is 2.05 bits per heavy atom. The zero-order chi connectivity index (χ0) is 13.9. The van der Waals surface area contributed by atoms with E-state index in [4.69, 9.17) is 0 Å². The van der Waals surface area contributed by atoms with Crippen LogP contribution in [0.5, 0.6) is 0 Å². The number of hydrogen-bond acceptors (Lipinski definition) is 4. The molecule has 1 unspecified atom stereocenters. The molecule has 108 valence electrons. The maximum absolute atomic E-state index is 12.5. The number of imide groups is 1. The van der Waals surface area contributed by atoms with E-state index in [1.807, 2.05) is 0 Å². The first-order valence-corrected chi connectivity index (χ1v) is 7.20. The molecule has 1 atom stereocenters. The van der Waals surface area contributed by atoms with Crippen LogP contribution in [0.4, 0.5) is 4.79 Å². The van der Waals surface area contributed by atoms with Gasteiger partial charge in [0.05, 0.1) is 0 Å². The highest BCUT2D eigenvalue weighted by Crippen LogP contribution is 2.24. The molecule has 2 N–H and O–H groups in total. The normalized spacial score (nSPS) is 27.4. The van der Waals surface area contributed by atoms with Gasteiger partial charge in [0.15, 0.2) is 0 Å². The van der Waals surface area contributed by atoms with Crippen LogP contribution in [0.25, 0.3) is 0 Å². The number of nitrogens with one attached hydrogen (secondary N) is 2. The molecular weight excluding hydrogens is 244 g/mol. The molecule has 0 aliphatic carbocycles. The van der Waals surface area contributed by atoms with Crippen LogP contribution in [-0.2, 0) is 4.79 Å². The summed E-state index contributed by atoms with van der Waals surface area (Å²) in [6.07, 6.45) is 1.67. The van der Waals surface area contributed by atoms with Crippen LogP contribution in [0, 0.1) is 0 Å². The van der Waals surface area contributed by atoms with Gasteiger partial charge in [-0.15, -0.1) is 0 Å². The van der Waals surface area contributed by atoms with Crippen LogP contribution in [0.1, 0.15) is 26.7 Å². The van der Waals surface area contributed by atoms with Crippen molar-refractivity contribution in [2.75, 3.05) is 39.3 Å². The first kappa shape index (κ1) is 14.3. The van der Waals surface area contributed by atoms with Gasteiger partial charge in [-0.25, -0.2) is 4.79 Å². The van der Waals surface area contributed by atoms with E-state index in [0.29, 0.717) is 13.1 Å². The number of nitrogens with zero attached hydrogens (tertiary/aromatic N) is 2. The van der Waals surface area contributed by atoms with Gasteiger partial charge in [-0.3, -0.25) is 9.69 Å². The van der Waals surface area contributed by atoms with E-state index in [2.05, 4.69) is 29.4 Å². The molecule has 6 heteroatoms. The fraction of sp³-hybridized carbons (Fsp3) is 0.846. The number of rotatable bonds is 5. The third-order valence-corrected chi connectivity index (χ3v) is 4.16. The lowest BCUT2D eigenvalue weighted by atomic mass is 9.90. The Balaban J connectivity index is 1.98. The van der Waals surface area contributed by atoms with Gasteiger partial charge < -0.3 is 15.5 Å². The summed E-state index contributed by atoms with van der Waals surface area (Å²) in [7, 11) is 0. The first-order chi connectivity index (χ1) is 9.13. The molecule has 1 spiro atoms. The van der Waals surface area contributed by atoms with E-state index in [9.17, 15) is 9.59 Å². The Morgan fingerprint density at radius 3 is 2.63 bits per heavy atom. The monoisotopic (exact) mass is 268 g/mol. The number of amides is 3. The highest BCUT2D eigenvalue weighted by molar-refractivity contribution is 6.07. The fourth-order valence-corrected chi connectivity index (χ4v) is 2.86. The number of carbonyl (C=O) groups excluding carboxylic acids is 2. The molecular formula is C13H24N4O2. The highest BCUT2D eigenvalue weighted by Gasteiger charge is 2.51. The third-order valence-electron chi connectivity index (χ3n) is 4.16. The van der Waals surface area contributed by atoms with Gasteiger partial charge in [0.2, 0.25) is 0 Å². The van der Waals surface area contributed by atoms with E-state index in [0.717, 1.165) is 39.0 Å². The Labute approximate surface area is 114 Å². The number of hydrogen-bond donors (Lipinski definition) is 2. The number of likely N-dealkylation sites (N-methyl/N-ethyl adjacent to an activating group) is 1. The van der Waals surface area contributed by atoms with Crippen molar-refractivity contribution in [2.24, 2.45) is 0 Å². The molecule has 0 bridgehead atoms. The van der Waals surface area contributed by atoms with Crippen LogP contribution in [0.15, 0.2) is 0 Å². The van der Waals surface area contributed by atoms with Crippen LogP contribution in [-0.4, -0.2) is 66.5 Å². The van der Waals surface area contributed by atoms with Crippen molar-refractivity contribution in [3.63, 3.8) is 0 Å². The zero-order valence-electron chi connectivity index (χ0n) is 11.9. The lowest BCUT2D eigenvalue weighted by Crippen LogP contribution is -2.57. The minimum absolute atomic E-state index is 0.0585. The minimum Gasteiger partial charge on any atom is -0.322 e. The second kappa shape index (κ2) is 5.88. The van der Waals surface area contributed by atoms with Crippen molar-refractivity contribution in [1.82, 2.24) is 20.4 Å². The predicted octanol–water partition coefficient (Wildman–Crippen LogP) is 0.00220. The van der Waals surface area contributed by atoms with E-state index in [1.54, 1.807) is 0 Å². The summed E-state index contributed by atoms with van der Waals surface area (Å²) >= 11 is 0. The van der Waals surface area contributed by atoms with Gasteiger partial charge in [0, 0.05) is 19.6 Å². The number of piperidine rings is 1. The standard InChI is InChI=1S/C13H24N4O2/c1-3-16(4-2)8-9-17-11(18)13(15-12(17)19)6-5-7-14-10-13/h14H,3-10H2,1-2H3,(H,15,19). The molecule has 2 rings (SSSR count). The molecule has 0 radical (unpaired) electrons. The van der Waals surface area contributed by atoms with Crippen LogP contribution in [0.3, 0.4) is 0 Å². The third kappa shape index (κ3) is 2.74. The second-order valence-corrected chi connectivity index (χ2v) is 5.28. The van der Waals surface area contributed by atoms with Gasteiger partial charge in [0.1, 0.15) is 5.54 Å². The van der Waals surface area contributed by atoms with E-state index in [-0.39, 0.29) is 11.9 Å². The molecule has 6 nitrogen and oxygen atoms in total. The van der Waals surface area contributed by atoms with Crippen molar-refractivity contribution in [2.45, 2.75) is 32.2 Å². The fourth-order valence-electron chi connectivity index (χ4n) is 2.86. The lowest BCUT2D eigenvalue weighted by molar-refractivity contribution is -0.132. The summed E-state index contributed by atoms with van der Waals surface area (Å²) in [6.45, 7) is 8.75. The lowest BCUT2D eigenvalue weighted by Gasteiger charge is -2.31. The second-order valence-electron chi connectivity index (χ2n) is 5.28. The Kier molecular flexibility index (Phi) is 4.42. The number of carbonyl (C=O) groups is 2. The van der Waals surface area contributed by atoms with Gasteiger partial charge in [0.25, 0.3) is 5.91 Å². The van der Waals surface area contributed by atoms with Crippen molar-refractivity contribution in [1.29, 1.82) is 0 Å². The molecule has 0 aromatic heterocycles. The van der Waals surface area contributed by atoms with Gasteiger partial charge in [-0.2, -0.15) is 0 Å². The van der Waals surface area contributed by atoms with Crippen molar-refractivity contribution in [3.8, 4) is 0 Å². The average molecular weight is 268 g/mol. The Hall–Kier alpha value is -1.14. The maximum Gasteiger partial charge on any atom is 0.325 e. The first-order valence-electron chi connectivity index (χ1n) is 7.20. The molecule has 0 aromatic rings. The van der Waals surface area contributed by atoms with Gasteiger partial charge in [-0.05, 0) is 32.5 Å². The molecule has 19 heavy (non-hydrogen) atoms. The minimum atomic E-state index is -0.682. The van der Waals surface area contributed by atoms with Crippen molar-refractivity contribution < 1.29 is 9.59 Å². The van der Waals surface area contributed by atoms with Gasteiger partial charge in [-0.1, -0.05) is 13.8 Å². The molecule has 2 aliphatic rings. The number of urea groups is 1. The van der Waals surface area contributed by atoms with Crippen LogP contribution >= 0.6 is 0 Å². The Bertz CT molecular complexity index is 349. The van der Waals surface area contributed by atoms with E-state index >= 15 is 0 Å². The molecule has 0 aromatic carbocycles. The summed E-state index contributed by atoms with van der Waals surface area (Å²) in [4.78, 5) is 28.1. The summed E-state index contributed by atoms with van der Waals surface area (Å²) in [5.74, 6) is -0.0585. The summed E-state index contributed by atoms with van der Waals surface area (Å²) in [6, 6.07) is -0.235. The predicted molar refractivity (Wildman–Crippen MR) is 72.9 cm³/mol. The SMILES string of the molecule is CCN(CC)CCN1C(=O)NC2(CCCNC2)C1=O. The molecule has 0 saturated carbocycles. The van der Waals surface area contributed by atoms with E-state index < -0.39 is 5.54 Å². The zero-order valence-corrected chi connectivity index (χ0v) is 11.9. The molecule has 2 aliphatic heterocycles. The highest BCUT2D eigenvalue weighted by atomic mass is 16.2. The van der Waals surface area contributed by atoms with Crippen LogP contribution < -0.4 is 10.6 Å². The topological polar surface area (TPSA) is 64.7 Å².